The molecule has 2 amide bonds. The lowest BCUT2D eigenvalue weighted by Crippen LogP contribution is -2.49. The van der Waals surface area contributed by atoms with Crippen LogP contribution in [0.15, 0.2) is 60.9 Å². The highest BCUT2D eigenvalue weighted by atomic mass is 16.6. The van der Waals surface area contributed by atoms with Crippen molar-refractivity contribution in [2.75, 3.05) is 75.9 Å². The Morgan fingerprint density at radius 1 is 0.900 bits per heavy atom. The van der Waals surface area contributed by atoms with Crippen LogP contribution in [0.2, 0.25) is 0 Å². The van der Waals surface area contributed by atoms with Crippen LogP contribution in [0.1, 0.15) is 21.6 Å². The molecule has 4 heterocycles. The van der Waals surface area contributed by atoms with Gasteiger partial charge in [-0.3, -0.25) is 19.6 Å². The van der Waals surface area contributed by atoms with E-state index >= 15 is 0 Å². The molecule has 40 heavy (non-hydrogen) atoms. The first-order chi connectivity index (χ1) is 19.5. The van der Waals surface area contributed by atoms with Gasteiger partial charge in [0.2, 0.25) is 0 Å². The maximum atomic E-state index is 13.0. The molecule has 2 fully saturated rings. The molecule has 2 aromatic heterocycles. The summed E-state index contributed by atoms with van der Waals surface area (Å²) in [5.41, 5.74) is 3.89. The van der Waals surface area contributed by atoms with Gasteiger partial charge in [0, 0.05) is 82.4 Å². The highest BCUT2D eigenvalue weighted by molar-refractivity contribution is 6.05. The van der Waals surface area contributed by atoms with Crippen LogP contribution in [0.4, 0.5) is 16.3 Å². The number of aryl methyl sites for hydroxylation is 1. The van der Waals surface area contributed by atoms with Crippen LogP contribution in [0.25, 0.3) is 0 Å². The fourth-order valence-corrected chi connectivity index (χ4v) is 4.80. The summed E-state index contributed by atoms with van der Waals surface area (Å²) in [6.45, 7) is 8.85. The highest BCUT2D eigenvalue weighted by Crippen LogP contribution is 2.21. The number of aromatic nitrogens is 2. The quantitative estimate of drug-likeness (QED) is 0.448. The minimum Gasteiger partial charge on any atom is -0.409 e. The van der Waals surface area contributed by atoms with Crippen LogP contribution in [0.3, 0.4) is 0 Å². The second kappa shape index (κ2) is 12.9. The van der Waals surface area contributed by atoms with E-state index in [4.69, 9.17) is 9.47 Å². The first-order valence-electron chi connectivity index (χ1n) is 13.7. The second-order valence-corrected chi connectivity index (χ2v) is 10.1. The largest absolute Gasteiger partial charge is 0.415 e. The summed E-state index contributed by atoms with van der Waals surface area (Å²) in [6.07, 6.45) is 3.87. The molecule has 210 valence electrons. The van der Waals surface area contributed by atoms with Crippen LogP contribution in [0.5, 0.6) is 5.75 Å². The molecule has 0 atom stereocenters. The van der Waals surface area contributed by atoms with Crippen LogP contribution < -0.4 is 14.5 Å². The summed E-state index contributed by atoms with van der Waals surface area (Å²) in [5.74, 6) is 0.651. The smallest absolute Gasteiger partial charge is 0.409 e. The van der Waals surface area contributed by atoms with Gasteiger partial charge in [0.1, 0.15) is 5.82 Å². The zero-order valence-electron chi connectivity index (χ0n) is 23.2. The fourth-order valence-electron chi connectivity index (χ4n) is 4.80. The van der Waals surface area contributed by atoms with Crippen LogP contribution in [-0.4, -0.2) is 97.8 Å². The summed E-state index contributed by atoms with van der Waals surface area (Å²) in [7, 11) is 1.68. The molecule has 0 unspecified atom stereocenters. The van der Waals surface area contributed by atoms with E-state index in [2.05, 4.69) is 31.9 Å². The Morgan fingerprint density at radius 2 is 1.65 bits per heavy atom. The summed E-state index contributed by atoms with van der Waals surface area (Å²) in [4.78, 5) is 42.3. The number of anilines is 2. The zero-order valence-corrected chi connectivity index (χ0v) is 23.2. The van der Waals surface area contributed by atoms with E-state index in [0.29, 0.717) is 43.4 Å². The third-order valence-electron chi connectivity index (χ3n) is 7.35. The van der Waals surface area contributed by atoms with Crippen molar-refractivity contribution < 1.29 is 19.1 Å². The van der Waals surface area contributed by atoms with E-state index in [1.807, 2.05) is 37.4 Å². The molecule has 2 aliphatic heterocycles. The Morgan fingerprint density at radius 3 is 2.30 bits per heavy atom. The van der Waals surface area contributed by atoms with E-state index in [9.17, 15) is 9.59 Å². The van der Waals surface area contributed by atoms with Crippen LogP contribution >= 0.6 is 0 Å². The molecule has 3 aromatic rings. The maximum absolute atomic E-state index is 13.0. The molecular weight excluding hydrogens is 508 g/mol. The van der Waals surface area contributed by atoms with Crippen molar-refractivity contribution >= 4 is 23.5 Å². The molecule has 10 heteroatoms. The topological polar surface area (TPSA) is 91.3 Å². The Bertz CT molecular complexity index is 1270. The molecule has 0 radical (unpaired) electrons. The Labute approximate surface area is 235 Å². The number of piperazine rings is 1. The molecule has 0 N–H and O–H groups in total. The number of ether oxygens (including phenoxy) is 2. The molecule has 0 aliphatic carbocycles. The van der Waals surface area contributed by atoms with E-state index in [1.54, 1.807) is 24.1 Å². The van der Waals surface area contributed by atoms with Gasteiger partial charge >= 0.3 is 6.09 Å². The predicted octanol–water partition coefficient (Wildman–Crippen LogP) is 3.26. The first-order valence-corrected chi connectivity index (χ1v) is 13.7. The molecule has 5 rings (SSSR count). The molecule has 0 saturated carbocycles. The molecule has 0 spiro atoms. The van der Waals surface area contributed by atoms with Crippen LogP contribution in [0, 0.1) is 6.92 Å². The van der Waals surface area contributed by atoms with Gasteiger partial charge in [-0.2, -0.15) is 0 Å². The average molecular weight is 545 g/mol. The standard InChI is InChI=1S/C30H36N6O4/c1-23-3-6-25(31-21-23)11-12-34-13-15-36(16-14-34)30(38)40-27-9-10-28(32-22-27)33(2)29(37)24-4-7-26(8-5-24)35-17-19-39-20-18-35/h3-10,21-22H,11-20H2,1-2H3. The van der Waals surface area contributed by atoms with Gasteiger partial charge in [0.05, 0.1) is 19.4 Å². The van der Waals surface area contributed by atoms with Gasteiger partial charge < -0.3 is 19.3 Å². The number of amides is 2. The molecule has 0 bridgehead atoms. The second-order valence-electron chi connectivity index (χ2n) is 10.1. The lowest BCUT2D eigenvalue weighted by Gasteiger charge is -2.33. The van der Waals surface area contributed by atoms with E-state index in [1.165, 1.54) is 11.1 Å². The first kappa shape index (κ1) is 27.5. The minimum atomic E-state index is -0.390. The number of benzene rings is 1. The van der Waals surface area contributed by atoms with Crippen molar-refractivity contribution in [2.24, 2.45) is 0 Å². The number of carbonyl (C=O) groups is 2. The van der Waals surface area contributed by atoms with Crippen molar-refractivity contribution in [2.45, 2.75) is 13.3 Å². The van der Waals surface area contributed by atoms with E-state index in [-0.39, 0.29) is 12.0 Å². The number of morpholine rings is 1. The van der Waals surface area contributed by atoms with E-state index in [0.717, 1.165) is 56.1 Å². The SMILES string of the molecule is Cc1ccc(CCN2CCN(C(=O)Oc3ccc(N(C)C(=O)c4ccc(N5CCOCC5)cc4)nc3)CC2)nc1. The Hall–Kier alpha value is -4.02. The summed E-state index contributed by atoms with van der Waals surface area (Å²) in [5, 5.41) is 0. The average Bonchev–Trinajstić information content (AvgIpc) is 3.01. The van der Waals surface area contributed by atoms with Gasteiger partial charge in [-0.05, 0) is 55.0 Å². The van der Waals surface area contributed by atoms with Crippen molar-refractivity contribution in [1.82, 2.24) is 19.8 Å². The number of nitrogens with zero attached hydrogens (tertiary/aromatic N) is 6. The van der Waals surface area contributed by atoms with Gasteiger partial charge in [-0.15, -0.1) is 0 Å². The van der Waals surface area contributed by atoms with Gasteiger partial charge in [-0.25, -0.2) is 9.78 Å². The monoisotopic (exact) mass is 544 g/mol. The van der Waals surface area contributed by atoms with Crippen molar-refractivity contribution in [3.63, 3.8) is 0 Å². The van der Waals surface area contributed by atoms with Gasteiger partial charge in [0.25, 0.3) is 5.91 Å². The molecular formula is C30H36N6O4. The third-order valence-corrected chi connectivity index (χ3v) is 7.35. The van der Waals surface area contributed by atoms with Gasteiger partial charge in [0.15, 0.2) is 5.75 Å². The number of pyridine rings is 2. The third kappa shape index (κ3) is 6.94. The van der Waals surface area contributed by atoms with E-state index < -0.39 is 0 Å². The van der Waals surface area contributed by atoms with Crippen LogP contribution in [-0.2, 0) is 11.2 Å². The van der Waals surface area contributed by atoms with Gasteiger partial charge in [-0.1, -0.05) is 6.07 Å². The summed E-state index contributed by atoms with van der Waals surface area (Å²) >= 11 is 0. The number of hydrogen-bond donors (Lipinski definition) is 0. The fraction of sp³-hybridized carbons (Fsp3) is 0.400. The minimum absolute atomic E-state index is 0.165. The predicted molar refractivity (Wildman–Crippen MR) is 153 cm³/mol. The molecule has 1 aromatic carbocycles. The molecule has 10 nitrogen and oxygen atoms in total. The number of rotatable bonds is 7. The Balaban J connectivity index is 1.08. The normalized spacial score (nSPS) is 16.1. The highest BCUT2D eigenvalue weighted by Gasteiger charge is 2.23. The van der Waals surface area contributed by atoms with Crippen molar-refractivity contribution in [3.8, 4) is 5.75 Å². The Kier molecular flexibility index (Phi) is 8.87. The molecule has 2 saturated heterocycles. The maximum Gasteiger partial charge on any atom is 0.415 e. The zero-order chi connectivity index (χ0) is 27.9. The summed E-state index contributed by atoms with van der Waals surface area (Å²) in [6, 6.07) is 15.1. The number of carbonyl (C=O) groups excluding carboxylic acids is 2. The lowest BCUT2D eigenvalue weighted by molar-refractivity contribution is 0.0991. The number of hydrogen-bond acceptors (Lipinski definition) is 8. The lowest BCUT2D eigenvalue weighted by atomic mass is 10.1. The summed E-state index contributed by atoms with van der Waals surface area (Å²) < 4.78 is 11.0. The van der Waals surface area contributed by atoms with Crippen molar-refractivity contribution in [1.29, 1.82) is 0 Å². The molecule has 2 aliphatic rings. The van der Waals surface area contributed by atoms with Crippen molar-refractivity contribution in [3.05, 3.63) is 77.7 Å².